The Morgan fingerprint density at radius 1 is 1.12 bits per heavy atom. The van der Waals surface area contributed by atoms with E-state index in [1.165, 1.54) is 4.80 Å². The van der Waals surface area contributed by atoms with Gasteiger partial charge in [0.05, 0.1) is 0 Å². The second kappa shape index (κ2) is 7.56. The first kappa shape index (κ1) is 15.9. The highest BCUT2D eigenvalue weighted by Crippen LogP contribution is 2.13. The van der Waals surface area contributed by atoms with Crippen molar-refractivity contribution < 1.29 is 9.53 Å². The summed E-state index contributed by atoms with van der Waals surface area (Å²) in [7, 11) is 0. The third-order valence-electron chi connectivity index (χ3n) is 3.02. The molecule has 8 heteroatoms. The van der Waals surface area contributed by atoms with E-state index in [9.17, 15) is 4.79 Å². The molecule has 0 saturated heterocycles. The highest BCUT2D eigenvalue weighted by atomic mass is 35.5. The average molecular weight is 344 g/mol. The van der Waals surface area contributed by atoms with Crippen LogP contribution in [0.25, 0.3) is 0 Å². The molecule has 0 aliphatic rings. The van der Waals surface area contributed by atoms with Crippen molar-refractivity contribution >= 4 is 23.2 Å². The minimum Gasteiger partial charge on any atom is -0.485 e. The van der Waals surface area contributed by atoms with Crippen molar-refractivity contribution in [3.05, 3.63) is 65.4 Å². The molecule has 0 bridgehead atoms. The Morgan fingerprint density at radius 2 is 1.88 bits per heavy atom. The van der Waals surface area contributed by atoms with Gasteiger partial charge in [0.2, 0.25) is 11.7 Å². The molecular weight excluding hydrogens is 330 g/mol. The highest BCUT2D eigenvalue weighted by Gasteiger charge is 2.08. The van der Waals surface area contributed by atoms with Crippen LogP contribution in [0.2, 0.25) is 5.02 Å². The van der Waals surface area contributed by atoms with Crippen molar-refractivity contribution in [1.82, 2.24) is 20.2 Å². The van der Waals surface area contributed by atoms with Crippen LogP contribution >= 0.6 is 11.6 Å². The van der Waals surface area contributed by atoms with Gasteiger partial charge in [-0.3, -0.25) is 4.79 Å². The number of halogens is 1. The molecule has 1 amide bonds. The molecule has 0 aliphatic heterocycles. The molecule has 0 fully saturated rings. The quantitative estimate of drug-likeness (QED) is 0.743. The van der Waals surface area contributed by atoms with Crippen molar-refractivity contribution in [3.8, 4) is 5.75 Å². The number of ether oxygens (including phenoxy) is 1. The van der Waals surface area contributed by atoms with E-state index in [2.05, 4.69) is 20.7 Å². The van der Waals surface area contributed by atoms with Crippen LogP contribution in [0.3, 0.4) is 0 Å². The molecule has 24 heavy (non-hydrogen) atoms. The monoisotopic (exact) mass is 343 g/mol. The summed E-state index contributed by atoms with van der Waals surface area (Å²) in [5, 5.41) is 15.1. The number of tetrazole rings is 1. The van der Waals surface area contributed by atoms with Crippen LogP contribution in [0, 0.1) is 0 Å². The molecule has 3 aromatic rings. The second-order valence-corrected chi connectivity index (χ2v) is 5.33. The van der Waals surface area contributed by atoms with Gasteiger partial charge in [0.1, 0.15) is 12.3 Å². The largest absolute Gasteiger partial charge is 0.485 e. The maximum absolute atomic E-state index is 12.0. The third-order valence-corrected chi connectivity index (χ3v) is 3.27. The number of anilines is 1. The van der Waals surface area contributed by atoms with Crippen LogP contribution in [-0.2, 0) is 17.9 Å². The lowest BCUT2D eigenvalue weighted by Gasteiger charge is -2.04. The van der Waals surface area contributed by atoms with Gasteiger partial charge in [0, 0.05) is 10.7 Å². The third kappa shape index (κ3) is 4.53. The summed E-state index contributed by atoms with van der Waals surface area (Å²) < 4.78 is 5.53. The molecule has 3 rings (SSSR count). The van der Waals surface area contributed by atoms with E-state index >= 15 is 0 Å². The zero-order chi connectivity index (χ0) is 16.8. The van der Waals surface area contributed by atoms with Crippen molar-refractivity contribution in [2.45, 2.75) is 13.2 Å². The number of para-hydroxylation sites is 1. The van der Waals surface area contributed by atoms with Crippen molar-refractivity contribution in [1.29, 1.82) is 0 Å². The Kier molecular flexibility index (Phi) is 5.02. The molecule has 1 heterocycles. The van der Waals surface area contributed by atoms with E-state index in [-0.39, 0.29) is 19.1 Å². The van der Waals surface area contributed by atoms with Gasteiger partial charge in [-0.1, -0.05) is 29.8 Å². The fourth-order valence-corrected chi connectivity index (χ4v) is 2.05. The Balaban J connectivity index is 1.51. The second-order valence-electron chi connectivity index (χ2n) is 4.89. The summed E-state index contributed by atoms with van der Waals surface area (Å²) in [6.45, 7) is 0.143. The van der Waals surface area contributed by atoms with Crippen LogP contribution < -0.4 is 10.1 Å². The summed E-state index contributed by atoms with van der Waals surface area (Å²) in [6, 6.07) is 16.2. The molecule has 1 aromatic heterocycles. The molecule has 0 aliphatic carbocycles. The Hall–Kier alpha value is -2.93. The Labute approximate surface area is 143 Å². The standard InChI is InChI=1S/C16H14ClN5O2/c17-12-6-8-13(9-7-12)18-16(23)10-22-20-15(19-21-22)11-24-14-4-2-1-3-5-14/h1-9H,10-11H2,(H,18,23). The first-order valence-electron chi connectivity index (χ1n) is 7.19. The fraction of sp³-hybridized carbons (Fsp3) is 0.125. The van der Waals surface area contributed by atoms with Crippen LogP contribution in [0.1, 0.15) is 5.82 Å². The molecule has 1 N–H and O–H groups in total. The molecular formula is C16H14ClN5O2. The lowest BCUT2D eigenvalue weighted by molar-refractivity contribution is -0.117. The number of benzene rings is 2. The van der Waals surface area contributed by atoms with E-state index in [1.54, 1.807) is 24.3 Å². The van der Waals surface area contributed by atoms with E-state index in [0.29, 0.717) is 22.3 Å². The predicted octanol–water partition coefficient (Wildman–Crippen LogP) is 2.54. The molecule has 2 aromatic carbocycles. The zero-order valence-electron chi connectivity index (χ0n) is 12.6. The van der Waals surface area contributed by atoms with Gasteiger partial charge >= 0.3 is 0 Å². The maximum Gasteiger partial charge on any atom is 0.248 e. The highest BCUT2D eigenvalue weighted by molar-refractivity contribution is 6.30. The molecule has 0 unspecified atom stereocenters. The Bertz CT molecular complexity index is 805. The van der Waals surface area contributed by atoms with Gasteiger partial charge in [-0.15, -0.1) is 10.2 Å². The maximum atomic E-state index is 12.0. The van der Waals surface area contributed by atoms with E-state index in [4.69, 9.17) is 16.3 Å². The number of aromatic nitrogens is 4. The number of hydrogen-bond donors (Lipinski definition) is 1. The Morgan fingerprint density at radius 3 is 2.62 bits per heavy atom. The summed E-state index contributed by atoms with van der Waals surface area (Å²) in [4.78, 5) is 13.2. The minimum atomic E-state index is -0.259. The smallest absolute Gasteiger partial charge is 0.248 e. The van der Waals surface area contributed by atoms with E-state index < -0.39 is 0 Å². The van der Waals surface area contributed by atoms with E-state index in [1.807, 2.05) is 30.3 Å². The number of nitrogens with zero attached hydrogens (tertiary/aromatic N) is 4. The topological polar surface area (TPSA) is 81.9 Å². The van der Waals surface area contributed by atoms with Gasteiger partial charge in [0.15, 0.2) is 6.61 Å². The van der Waals surface area contributed by atoms with Gasteiger partial charge in [-0.25, -0.2) is 0 Å². The predicted molar refractivity (Wildman–Crippen MR) is 88.7 cm³/mol. The van der Waals surface area contributed by atoms with Crippen LogP contribution in [0.15, 0.2) is 54.6 Å². The SMILES string of the molecule is O=C(Cn1nnc(COc2ccccc2)n1)Nc1ccc(Cl)cc1. The van der Waals surface area contributed by atoms with Gasteiger partial charge in [-0.2, -0.15) is 4.80 Å². The van der Waals surface area contributed by atoms with E-state index in [0.717, 1.165) is 0 Å². The summed E-state index contributed by atoms with van der Waals surface area (Å²) in [5.41, 5.74) is 0.650. The molecule has 122 valence electrons. The number of carbonyl (C=O) groups is 1. The molecule has 0 spiro atoms. The zero-order valence-corrected chi connectivity index (χ0v) is 13.3. The van der Waals surface area contributed by atoms with Gasteiger partial charge in [-0.05, 0) is 41.6 Å². The summed E-state index contributed by atoms with van der Waals surface area (Å²) in [5.74, 6) is 0.859. The van der Waals surface area contributed by atoms with Crippen LogP contribution in [0.4, 0.5) is 5.69 Å². The number of amides is 1. The van der Waals surface area contributed by atoms with Crippen molar-refractivity contribution in [2.75, 3.05) is 5.32 Å². The van der Waals surface area contributed by atoms with Gasteiger partial charge in [0.25, 0.3) is 0 Å². The molecule has 0 radical (unpaired) electrons. The van der Waals surface area contributed by atoms with Crippen molar-refractivity contribution in [2.24, 2.45) is 0 Å². The molecule has 0 saturated carbocycles. The summed E-state index contributed by atoms with van der Waals surface area (Å²) >= 11 is 5.80. The first-order chi connectivity index (χ1) is 11.7. The number of nitrogens with one attached hydrogen (secondary N) is 1. The van der Waals surface area contributed by atoms with Crippen molar-refractivity contribution in [3.63, 3.8) is 0 Å². The van der Waals surface area contributed by atoms with Crippen LogP contribution in [-0.4, -0.2) is 26.1 Å². The fourth-order valence-electron chi connectivity index (χ4n) is 1.93. The minimum absolute atomic E-state index is 0.0407. The lowest BCUT2D eigenvalue weighted by Crippen LogP contribution is -2.20. The summed E-state index contributed by atoms with van der Waals surface area (Å²) in [6.07, 6.45) is 0. The normalized spacial score (nSPS) is 10.4. The number of rotatable bonds is 6. The molecule has 0 atom stereocenters. The average Bonchev–Trinajstić information content (AvgIpc) is 3.03. The molecule has 7 nitrogen and oxygen atoms in total. The van der Waals surface area contributed by atoms with Crippen LogP contribution in [0.5, 0.6) is 5.75 Å². The lowest BCUT2D eigenvalue weighted by atomic mass is 10.3. The first-order valence-corrected chi connectivity index (χ1v) is 7.57. The number of carbonyl (C=O) groups excluding carboxylic acids is 1. The van der Waals surface area contributed by atoms with Gasteiger partial charge < -0.3 is 10.1 Å². The number of hydrogen-bond acceptors (Lipinski definition) is 5.